The van der Waals surface area contributed by atoms with E-state index in [1.54, 1.807) is 11.1 Å². The predicted octanol–water partition coefficient (Wildman–Crippen LogP) is 5.79. The molecule has 1 aromatic rings. The summed E-state index contributed by atoms with van der Waals surface area (Å²) in [5, 5.41) is 0.837. The Bertz CT molecular complexity index is 535. The van der Waals surface area contributed by atoms with Gasteiger partial charge >= 0.3 is 0 Å². The zero-order valence-corrected chi connectivity index (χ0v) is 14.8. The van der Waals surface area contributed by atoms with Gasteiger partial charge in [-0.3, -0.25) is 4.90 Å². The standard InChI is InChI=1S/C20H28ClN/c1-3-22(4-2)15-17-10-13-20(11-5-12-20)14-19(17)16-6-8-18(21)9-7-16/h6-9H,3-5,10-15H2,1-2H3. The molecule has 3 rings (SSSR count). The first-order chi connectivity index (χ1) is 10.7. The van der Waals surface area contributed by atoms with Crippen molar-refractivity contribution in [2.24, 2.45) is 5.41 Å². The second-order valence-electron chi connectivity index (χ2n) is 7.08. The quantitative estimate of drug-likeness (QED) is 0.664. The molecule has 120 valence electrons. The Labute approximate surface area is 140 Å². The molecule has 0 heterocycles. The first-order valence-electron chi connectivity index (χ1n) is 8.85. The van der Waals surface area contributed by atoms with Crippen LogP contribution in [-0.4, -0.2) is 24.5 Å². The molecule has 22 heavy (non-hydrogen) atoms. The second-order valence-corrected chi connectivity index (χ2v) is 7.52. The summed E-state index contributed by atoms with van der Waals surface area (Å²) in [6.45, 7) is 7.95. The third kappa shape index (κ3) is 3.26. The van der Waals surface area contributed by atoms with Crippen molar-refractivity contribution in [1.29, 1.82) is 0 Å². The van der Waals surface area contributed by atoms with E-state index in [1.807, 2.05) is 12.1 Å². The van der Waals surface area contributed by atoms with Crippen LogP contribution >= 0.6 is 11.6 Å². The predicted molar refractivity (Wildman–Crippen MR) is 96.3 cm³/mol. The van der Waals surface area contributed by atoms with E-state index in [1.165, 1.54) is 44.1 Å². The monoisotopic (exact) mass is 317 g/mol. The summed E-state index contributed by atoms with van der Waals surface area (Å²) in [6.07, 6.45) is 8.27. The molecule has 2 aliphatic carbocycles. The van der Waals surface area contributed by atoms with Crippen LogP contribution in [-0.2, 0) is 0 Å². The molecule has 2 aliphatic rings. The number of hydrogen-bond donors (Lipinski definition) is 0. The fourth-order valence-electron chi connectivity index (χ4n) is 4.11. The van der Waals surface area contributed by atoms with Crippen molar-refractivity contribution in [2.45, 2.75) is 52.4 Å². The number of rotatable bonds is 5. The van der Waals surface area contributed by atoms with Gasteiger partial charge in [-0.2, -0.15) is 0 Å². The number of nitrogens with zero attached hydrogens (tertiary/aromatic N) is 1. The third-order valence-corrected chi connectivity index (χ3v) is 6.10. The van der Waals surface area contributed by atoms with Crippen LogP contribution in [0.2, 0.25) is 5.02 Å². The molecule has 1 nitrogen and oxygen atoms in total. The van der Waals surface area contributed by atoms with Gasteiger partial charge in [0.15, 0.2) is 0 Å². The zero-order valence-electron chi connectivity index (χ0n) is 14.0. The van der Waals surface area contributed by atoms with Crippen LogP contribution in [0.4, 0.5) is 0 Å². The number of halogens is 1. The SMILES string of the molecule is CCN(CC)CC1=C(c2ccc(Cl)cc2)CC2(CCC2)CC1. The molecule has 0 radical (unpaired) electrons. The minimum Gasteiger partial charge on any atom is -0.300 e. The van der Waals surface area contributed by atoms with Crippen molar-refractivity contribution >= 4 is 17.2 Å². The highest BCUT2D eigenvalue weighted by Crippen LogP contribution is 2.55. The molecule has 0 aromatic heterocycles. The fourth-order valence-corrected chi connectivity index (χ4v) is 4.23. The van der Waals surface area contributed by atoms with Crippen LogP contribution in [0.25, 0.3) is 5.57 Å². The van der Waals surface area contributed by atoms with E-state index in [0.717, 1.165) is 24.7 Å². The lowest BCUT2D eigenvalue weighted by Crippen LogP contribution is -2.34. The van der Waals surface area contributed by atoms with E-state index in [0.29, 0.717) is 5.41 Å². The molecule has 0 bridgehead atoms. The van der Waals surface area contributed by atoms with Gasteiger partial charge in [-0.25, -0.2) is 0 Å². The van der Waals surface area contributed by atoms with Gasteiger partial charge in [-0.1, -0.05) is 49.6 Å². The number of allylic oxidation sites excluding steroid dienone is 1. The summed E-state index contributed by atoms with van der Waals surface area (Å²) in [4.78, 5) is 2.55. The average molecular weight is 318 g/mol. The fraction of sp³-hybridized carbons (Fsp3) is 0.600. The van der Waals surface area contributed by atoms with E-state index in [2.05, 4.69) is 30.9 Å². The van der Waals surface area contributed by atoms with Gasteiger partial charge in [-0.15, -0.1) is 0 Å². The summed E-state index contributed by atoms with van der Waals surface area (Å²) in [5.74, 6) is 0. The Hall–Kier alpha value is -0.790. The van der Waals surface area contributed by atoms with Crippen molar-refractivity contribution in [3.63, 3.8) is 0 Å². The maximum absolute atomic E-state index is 6.09. The van der Waals surface area contributed by atoms with Gasteiger partial charge < -0.3 is 0 Å². The van der Waals surface area contributed by atoms with Crippen LogP contribution in [0.3, 0.4) is 0 Å². The van der Waals surface area contributed by atoms with Gasteiger partial charge in [0.25, 0.3) is 0 Å². The lowest BCUT2D eigenvalue weighted by atomic mass is 9.59. The Kier molecular flexibility index (Phi) is 4.94. The van der Waals surface area contributed by atoms with Crippen LogP contribution in [0.5, 0.6) is 0 Å². The van der Waals surface area contributed by atoms with Gasteiger partial charge in [0.1, 0.15) is 0 Å². The Balaban J connectivity index is 1.91. The van der Waals surface area contributed by atoms with Crippen LogP contribution in [0.15, 0.2) is 29.8 Å². The molecule has 0 atom stereocenters. The summed E-state index contributed by atoms with van der Waals surface area (Å²) < 4.78 is 0. The zero-order chi connectivity index (χ0) is 15.6. The van der Waals surface area contributed by atoms with Gasteiger partial charge in [0.2, 0.25) is 0 Å². The van der Waals surface area contributed by atoms with E-state index >= 15 is 0 Å². The number of hydrogen-bond acceptors (Lipinski definition) is 1. The van der Waals surface area contributed by atoms with Crippen molar-refractivity contribution < 1.29 is 0 Å². The molecule has 1 aromatic carbocycles. The highest BCUT2D eigenvalue weighted by atomic mass is 35.5. The molecule has 0 unspecified atom stereocenters. The minimum absolute atomic E-state index is 0.627. The van der Waals surface area contributed by atoms with Gasteiger partial charge in [0.05, 0.1) is 0 Å². The molecule has 0 saturated heterocycles. The molecule has 1 fully saturated rings. The summed E-state index contributed by atoms with van der Waals surface area (Å²) in [5.41, 5.74) is 5.32. The molecule has 1 saturated carbocycles. The van der Waals surface area contributed by atoms with Crippen LogP contribution < -0.4 is 0 Å². The van der Waals surface area contributed by atoms with Crippen molar-refractivity contribution in [3.05, 3.63) is 40.4 Å². The Morgan fingerprint density at radius 2 is 1.73 bits per heavy atom. The van der Waals surface area contributed by atoms with Crippen molar-refractivity contribution in [1.82, 2.24) is 4.90 Å². The van der Waals surface area contributed by atoms with Crippen molar-refractivity contribution in [2.75, 3.05) is 19.6 Å². The summed E-state index contributed by atoms with van der Waals surface area (Å²) in [7, 11) is 0. The van der Waals surface area contributed by atoms with E-state index in [-0.39, 0.29) is 0 Å². The Morgan fingerprint density at radius 3 is 2.27 bits per heavy atom. The average Bonchev–Trinajstić information content (AvgIpc) is 2.52. The van der Waals surface area contributed by atoms with E-state index in [4.69, 9.17) is 11.6 Å². The first-order valence-corrected chi connectivity index (χ1v) is 9.23. The lowest BCUT2D eigenvalue weighted by molar-refractivity contribution is 0.119. The molecule has 1 spiro atoms. The normalized spacial score (nSPS) is 20.5. The maximum atomic E-state index is 6.09. The van der Waals surface area contributed by atoms with Crippen molar-refractivity contribution in [3.8, 4) is 0 Å². The molecule has 0 aliphatic heterocycles. The summed E-state index contributed by atoms with van der Waals surface area (Å²) in [6, 6.07) is 8.52. The van der Waals surface area contributed by atoms with E-state index in [9.17, 15) is 0 Å². The Morgan fingerprint density at radius 1 is 1.05 bits per heavy atom. The first kappa shape index (κ1) is 16.1. The highest BCUT2D eigenvalue weighted by Gasteiger charge is 2.40. The molecular weight excluding hydrogens is 290 g/mol. The molecular formula is C20H28ClN. The highest BCUT2D eigenvalue weighted by molar-refractivity contribution is 6.30. The number of likely N-dealkylation sites (N-methyl/N-ethyl adjacent to an activating group) is 1. The second kappa shape index (κ2) is 6.76. The largest absolute Gasteiger partial charge is 0.300 e. The molecule has 0 N–H and O–H groups in total. The van der Waals surface area contributed by atoms with Gasteiger partial charge in [0, 0.05) is 11.6 Å². The maximum Gasteiger partial charge on any atom is 0.0406 e. The smallest absolute Gasteiger partial charge is 0.0406 e. The minimum atomic E-state index is 0.627. The third-order valence-electron chi connectivity index (χ3n) is 5.85. The molecule has 0 amide bonds. The number of benzene rings is 1. The molecule has 2 heteroatoms. The lowest BCUT2D eigenvalue weighted by Gasteiger charge is -2.47. The van der Waals surface area contributed by atoms with Crippen LogP contribution in [0.1, 0.15) is 57.9 Å². The summed E-state index contributed by atoms with van der Waals surface area (Å²) >= 11 is 6.09. The van der Waals surface area contributed by atoms with E-state index < -0.39 is 0 Å². The van der Waals surface area contributed by atoms with Gasteiger partial charge in [-0.05, 0) is 73.9 Å². The topological polar surface area (TPSA) is 3.24 Å². The van der Waals surface area contributed by atoms with Crippen LogP contribution in [0, 0.1) is 5.41 Å².